The molecule has 0 aliphatic rings. The second-order valence-corrected chi connectivity index (χ2v) is 8.20. The molecule has 0 heterocycles. The Labute approximate surface area is 161 Å². The number of carbonyl (C=O) groups excluding carboxylic acids is 1. The summed E-state index contributed by atoms with van der Waals surface area (Å²) in [6, 6.07) is 14.1. The van der Waals surface area contributed by atoms with Crippen LogP contribution in [0, 0.1) is 6.92 Å². The first kappa shape index (κ1) is 20.2. The number of amides is 2. The van der Waals surface area contributed by atoms with E-state index in [2.05, 4.69) is 42.7 Å². The highest BCUT2D eigenvalue weighted by Gasteiger charge is 2.08. The average Bonchev–Trinajstić information content (AvgIpc) is 2.62. The predicted molar refractivity (Wildman–Crippen MR) is 113 cm³/mol. The van der Waals surface area contributed by atoms with Gasteiger partial charge in [-0.2, -0.15) is 0 Å². The summed E-state index contributed by atoms with van der Waals surface area (Å²) in [5.41, 5.74) is 4.11. The molecule has 0 aliphatic heterocycles. The lowest BCUT2D eigenvalue weighted by Gasteiger charge is -2.15. The average molecular weight is 372 g/mol. The van der Waals surface area contributed by atoms with E-state index in [0.29, 0.717) is 11.8 Å². The molecule has 2 rings (SSSR count). The Balaban J connectivity index is 1.92. The molecule has 1 unspecified atom stereocenters. The Morgan fingerprint density at radius 3 is 2.62 bits per heavy atom. The van der Waals surface area contributed by atoms with Gasteiger partial charge in [0.1, 0.15) is 0 Å². The van der Waals surface area contributed by atoms with Crippen molar-refractivity contribution < 1.29 is 4.79 Å². The number of nitrogens with zero attached hydrogens (tertiary/aromatic N) is 1. The van der Waals surface area contributed by atoms with Crippen LogP contribution in [0.5, 0.6) is 0 Å². The van der Waals surface area contributed by atoms with Gasteiger partial charge in [-0.05, 0) is 54.8 Å². The lowest BCUT2D eigenvalue weighted by Crippen LogP contribution is -2.28. The highest BCUT2D eigenvalue weighted by atomic mass is 32.2. The lowest BCUT2D eigenvalue weighted by atomic mass is 10.2. The molecule has 0 fully saturated rings. The molecule has 140 valence electrons. The summed E-state index contributed by atoms with van der Waals surface area (Å²) < 4.78 is 0. The second-order valence-electron chi connectivity index (χ2n) is 6.69. The van der Waals surface area contributed by atoms with Crippen molar-refractivity contribution >= 4 is 29.2 Å². The van der Waals surface area contributed by atoms with Gasteiger partial charge in [0.15, 0.2) is 0 Å². The molecule has 4 nitrogen and oxygen atoms in total. The number of hydrogen-bond acceptors (Lipinski definition) is 3. The Hall–Kier alpha value is -2.14. The van der Waals surface area contributed by atoms with Crippen LogP contribution in [0.2, 0.25) is 0 Å². The van der Waals surface area contributed by atoms with Crippen LogP contribution in [0.25, 0.3) is 0 Å². The van der Waals surface area contributed by atoms with Crippen LogP contribution >= 0.6 is 11.8 Å². The molecule has 0 aliphatic carbocycles. The van der Waals surface area contributed by atoms with Crippen LogP contribution in [0.3, 0.4) is 0 Å². The second kappa shape index (κ2) is 9.53. The first-order valence-corrected chi connectivity index (χ1v) is 9.85. The molecule has 0 aromatic heterocycles. The van der Waals surface area contributed by atoms with Crippen LogP contribution in [0.15, 0.2) is 47.4 Å². The van der Waals surface area contributed by atoms with E-state index in [1.165, 1.54) is 4.90 Å². The molecule has 2 amide bonds. The molecule has 0 saturated heterocycles. The summed E-state index contributed by atoms with van der Waals surface area (Å²) in [7, 11) is 4.01. The maximum Gasteiger partial charge on any atom is 0.319 e. The Morgan fingerprint density at radius 1 is 1.19 bits per heavy atom. The van der Waals surface area contributed by atoms with Gasteiger partial charge in [0.25, 0.3) is 0 Å². The molecule has 26 heavy (non-hydrogen) atoms. The highest BCUT2D eigenvalue weighted by Crippen LogP contribution is 2.28. The van der Waals surface area contributed by atoms with Crippen molar-refractivity contribution in [3.05, 3.63) is 53.6 Å². The van der Waals surface area contributed by atoms with Crippen LogP contribution < -0.4 is 15.5 Å². The Morgan fingerprint density at radius 2 is 1.96 bits per heavy atom. The number of thioether (sulfide) groups is 1. The monoisotopic (exact) mass is 371 g/mol. The van der Waals surface area contributed by atoms with Crippen molar-refractivity contribution in [2.45, 2.75) is 43.9 Å². The molecule has 2 aromatic rings. The van der Waals surface area contributed by atoms with E-state index in [4.69, 9.17) is 0 Å². The van der Waals surface area contributed by atoms with Crippen LogP contribution in [-0.4, -0.2) is 25.4 Å². The van der Waals surface area contributed by atoms with E-state index in [0.717, 1.165) is 28.9 Å². The topological polar surface area (TPSA) is 44.4 Å². The normalized spacial score (nSPS) is 11.7. The number of rotatable bonds is 7. The number of carbonyl (C=O) groups is 1. The standard InChI is InChI=1S/C21H29N3OS/c1-6-16(3)26-19-10-11-20(15(2)12-19)23-21(25)22-14-17-8-7-9-18(13-17)24(4)5/h7-13,16H,6,14H2,1-5H3,(H2,22,23,25). The molecule has 0 radical (unpaired) electrons. The lowest BCUT2D eigenvalue weighted by molar-refractivity contribution is 0.251. The largest absolute Gasteiger partial charge is 0.378 e. The van der Waals surface area contributed by atoms with E-state index in [9.17, 15) is 4.79 Å². The van der Waals surface area contributed by atoms with Gasteiger partial charge in [0, 0.05) is 42.2 Å². The molecule has 2 N–H and O–H groups in total. The quantitative estimate of drug-likeness (QED) is 0.651. The summed E-state index contributed by atoms with van der Waals surface area (Å²) in [4.78, 5) is 15.5. The van der Waals surface area contributed by atoms with Crippen molar-refractivity contribution in [1.82, 2.24) is 5.32 Å². The van der Waals surface area contributed by atoms with Crippen LogP contribution in [0.4, 0.5) is 16.2 Å². The molecule has 5 heteroatoms. The molecule has 2 aromatic carbocycles. The van der Waals surface area contributed by atoms with Crippen molar-refractivity contribution in [2.75, 3.05) is 24.3 Å². The number of urea groups is 1. The maximum absolute atomic E-state index is 12.2. The van der Waals surface area contributed by atoms with E-state index in [-0.39, 0.29) is 6.03 Å². The zero-order valence-corrected chi connectivity index (χ0v) is 17.1. The Kier molecular flexibility index (Phi) is 7.39. The van der Waals surface area contributed by atoms with E-state index in [1.807, 2.05) is 61.9 Å². The Bertz CT molecular complexity index is 746. The van der Waals surface area contributed by atoms with Gasteiger partial charge in [-0.25, -0.2) is 4.79 Å². The summed E-state index contributed by atoms with van der Waals surface area (Å²) in [6.07, 6.45) is 1.14. The van der Waals surface area contributed by atoms with Gasteiger partial charge < -0.3 is 15.5 Å². The third-order valence-corrected chi connectivity index (χ3v) is 5.50. The number of anilines is 2. The fourth-order valence-corrected chi connectivity index (χ4v) is 3.48. The van der Waals surface area contributed by atoms with Crippen LogP contribution in [-0.2, 0) is 6.54 Å². The molecule has 0 saturated carbocycles. The predicted octanol–water partition coefficient (Wildman–Crippen LogP) is 5.27. The smallest absolute Gasteiger partial charge is 0.319 e. The van der Waals surface area contributed by atoms with Gasteiger partial charge in [0.2, 0.25) is 0 Å². The van der Waals surface area contributed by atoms with Gasteiger partial charge >= 0.3 is 6.03 Å². The van der Waals surface area contributed by atoms with Crippen molar-refractivity contribution in [3.63, 3.8) is 0 Å². The fourth-order valence-electron chi connectivity index (χ4n) is 2.46. The summed E-state index contributed by atoms with van der Waals surface area (Å²) in [6.45, 7) is 6.94. The molecule has 1 atom stereocenters. The summed E-state index contributed by atoms with van der Waals surface area (Å²) in [5, 5.41) is 6.46. The summed E-state index contributed by atoms with van der Waals surface area (Å²) in [5.74, 6) is 0. The van der Waals surface area contributed by atoms with Crippen LogP contribution in [0.1, 0.15) is 31.4 Å². The summed E-state index contributed by atoms with van der Waals surface area (Å²) >= 11 is 1.86. The highest BCUT2D eigenvalue weighted by molar-refractivity contribution is 7.99. The minimum absolute atomic E-state index is 0.189. The molecular weight excluding hydrogens is 342 g/mol. The van der Waals surface area contributed by atoms with Crippen molar-refractivity contribution in [1.29, 1.82) is 0 Å². The minimum atomic E-state index is -0.189. The zero-order chi connectivity index (χ0) is 19.1. The van der Waals surface area contributed by atoms with E-state index < -0.39 is 0 Å². The molecule has 0 spiro atoms. The fraction of sp³-hybridized carbons (Fsp3) is 0.381. The first-order valence-electron chi connectivity index (χ1n) is 8.97. The molecule has 0 bridgehead atoms. The first-order chi connectivity index (χ1) is 12.4. The zero-order valence-electron chi connectivity index (χ0n) is 16.3. The van der Waals surface area contributed by atoms with Crippen molar-refractivity contribution in [3.8, 4) is 0 Å². The van der Waals surface area contributed by atoms with Gasteiger partial charge in [-0.1, -0.05) is 26.0 Å². The van der Waals surface area contributed by atoms with Gasteiger partial charge in [0.05, 0.1) is 0 Å². The van der Waals surface area contributed by atoms with Crippen molar-refractivity contribution in [2.24, 2.45) is 0 Å². The third-order valence-electron chi connectivity index (χ3n) is 4.24. The van der Waals surface area contributed by atoms with E-state index >= 15 is 0 Å². The number of benzene rings is 2. The minimum Gasteiger partial charge on any atom is -0.378 e. The van der Waals surface area contributed by atoms with Gasteiger partial charge in [-0.3, -0.25) is 0 Å². The maximum atomic E-state index is 12.2. The third kappa shape index (κ3) is 5.99. The molecular formula is C21H29N3OS. The van der Waals surface area contributed by atoms with Gasteiger partial charge in [-0.15, -0.1) is 11.8 Å². The van der Waals surface area contributed by atoms with E-state index in [1.54, 1.807) is 0 Å². The SMILES string of the molecule is CCC(C)Sc1ccc(NC(=O)NCc2cccc(N(C)C)c2)c(C)c1. The number of hydrogen-bond donors (Lipinski definition) is 2. The number of aryl methyl sites for hydroxylation is 1. The number of nitrogens with one attached hydrogen (secondary N) is 2.